The van der Waals surface area contributed by atoms with Crippen LogP contribution in [0.2, 0.25) is 0 Å². The van der Waals surface area contributed by atoms with Crippen LogP contribution in [0.1, 0.15) is 24.0 Å². The first-order valence-electron chi connectivity index (χ1n) is 5.94. The lowest BCUT2D eigenvalue weighted by atomic mass is 9.86. The Morgan fingerprint density at radius 1 is 1.50 bits per heavy atom. The number of nitrogens with zero attached hydrogens (tertiary/aromatic N) is 1. The van der Waals surface area contributed by atoms with Crippen LogP contribution in [-0.2, 0) is 16.8 Å². The average molecular weight is 308 g/mol. The summed E-state index contributed by atoms with van der Waals surface area (Å²) in [5.41, 5.74) is 2.05. The van der Waals surface area contributed by atoms with Crippen LogP contribution >= 0.6 is 15.9 Å². The SMILES string of the molecule is CN1C(=N)N[C@@]2(CCc3ccc(Br)cc32)CC1=O. The van der Waals surface area contributed by atoms with E-state index in [-0.39, 0.29) is 17.4 Å². The van der Waals surface area contributed by atoms with Gasteiger partial charge in [-0.05, 0) is 36.1 Å². The molecule has 0 saturated carbocycles. The van der Waals surface area contributed by atoms with Gasteiger partial charge in [0.15, 0.2) is 5.96 Å². The van der Waals surface area contributed by atoms with Crippen LogP contribution < -0.4 is 5.32 Å². The molecule has 1 aliphatic carbocycles. The highest BCUT2D eigenvalue weighted by Crippen LogP contribution is 2.42. The molecule has 2 N–H and O–H groups in total. The number of carbonyl (C=O) groups is 1. The van der Waals surface area contributed by atoms with Gasteiger partial charge in [0.25, 0.3) is 0 Å². The Balaban J connectivity index is 2.07. The molecule has 18 heavy (non-hydrogen) atoms. The van der Waals surface area contributed by atoms with E-state index < -0.39 is 0 Å². The summed E-state index contributed by atoms with van der Waals surface area (Å²) in [6.07, 6.45) is 2.26. The number of nitrogens with one attached hydrogen (secondary N) is 2. The molecule has 3 rings (SSSR count). The van der Waals surface area contributed by atoms with Crippen LogP contribution in [-0.4, -0.2) is 23.8 Å². The highest BCUT2D eigenvalue weighted by Gasteiger charge is 2.45. The topological polar surface area (TPSA) is 56.2 Å². The van der Waals surface area contributed by atoms with Gasteiger partial charge < -0.3 is 5.32 Å². The molecule has 1 atom stereocenters. The maximum absolute atomic E-state index is 12.0. The largest absolute Gasteiger partial charge is 0.346 e. The molecule has 1 amide bonds. The molecular formula is C13H14BrN3O. The summed E-state index contributed by atoms with van der Waals surface area (Å²) in [7, 11) is 1.64. The van der Waals surface area contributed by atoms with E-state index in [1.807, 2.05) is 6.07 Å². The summed E-state index contributed by atoms with van der Waals surface area (Å²) >= 11 is 3.48. The van der Waals surface area contributed by atoms with E-state index in [9.17, 15) is 4.79 Å². The van der Waals surface area contributed by atoms with Gasteiger partial charge in [-0.1, -0.05) is 22.0 Å². The zero-order valence-corrected chi connectivity index (χ0v) is 11.7. The number of hydrogen-bond acceptors (Lipinski definition) is 2. The van der Waals surface area contributed by atoms with Crippen molar-refractivity contribution in [2.45, 2.75) is 24.8 Å². The van der Waals surface area contributed by atoms with E-state index >= 15 is 0 Å². The van der Waals surface area contributed by atoms with E-state index in [1.165, 1.54) is 10.5 Å². The maximum atomic E-state index is 12.0. The third-order valence-electron chi connectivity index (χ3n) is 3.93. The first kappa shape index (κ1) is 11.7. The summed E-state index contributed by atoms with van der Waals surface area (Å²) in [5.74, 6) is 0.200. The summed E-state index contributed by atoms with van der Waals surface area (Å²) < 4.78 is 1.02. The van der Waals surface area contributed by atoms with E-state index in [0.717, 1.165) is 22.9 Å². The van der Waals surface area contributed by atoms with Gasteiger partial charge in [-0.2, -0.15) is 0 Å². The second kappa shape index (κ2) is 3.82. The van der Waals surface area contributed by atoms with Crippen LogP contribution in [0.15, 0.2) is 22.7 Å². The fourth-order valence-electron chi connectivity index (χ4n) is 2.86. The number of rotatable bonds is 0. The van der Waals surface area contributed by atoms with E-state index in [1.54, 1.807) is 7.05 Å². The van der Waals surface area contributed by atoms with Crippen molar-refractivity contribution in [3.05, 3.63) is 33.8 Å². The summed E-state index contributed by atoms with van der Waals surface area (Å²) in [5, 5.41) is 11.1. The Kier molecular flexibility index (Phi) is 2.48. The van der Waals surface area contributed by atoms with Crippen molar-refractivity contribution in [2.24, 2.45) is 0 Å². The lowest BCUT2D eigenvalue weighted by Crippen LogP contribution is -2.58. The molecule has 0 aromatic heterocycles. The number of halogens is 1. The standard InChI is InChI=1S/C13H14BrN3O/c1-17-11(18)7-13(16-12(17)15)5-4-8-2-3-9(14)6-10(8)13/h2-3,6H,4-5,7H2,1H3,(H2,15,16)/t13-/m0/s1. The monoisotopic (exact) mass is 307 g/mol. The number of fused-ring (bicyclic) bond motifs is 2. The Labute approximate surface area is 114 Å². The van der Waals surface area contributed by atoms with Crippen LogP contribution in [0, 0.1) is 5.41 Å². The Hall–Kier alpha value is -1.36. The summed E-state index contributed by atoms with van der Waals surface area (Å²) in [6, 6.07) is 6.20. The fraction of sp³-hybridized carbons (Fsp3) is 0.385. The van der Waals surface area contributed by atoms with Gasteiger partial charge in [-0.15, -0.1) is 0 Å². The smallest absolute Gasteiger partial charge is 0.231 e. The molecule has 1 spiro atoms. The molecule has 1 aliphatic heterocycles. The van der Waals surface area contributed by atoms with Gasteiger partial charge in [0.1, 0.15) is 0 Å². The average Bonchev–Trinajstić information content (AvgIpc) is 2.65. The van der Waals surface area contributed by atoms with Crippen molar-refractivity contribution in [1.82, 2.24) is 10.2 Å². The minimum Gasteiger partial charge on any atom is -0.346 e. The minimum atomic E-state index is -0.375. The van der Waals surface area contributed by atoms with Crippen LogP contribution in [0.3, 0.4) is 0 Å². The maximum Gasteiger partial charge on any atom is 0.231 e. The van der Waals surface area contributed by atoms with E-state index in [0.29, 0.717) is 6.42 Å². The molecule has 1 saturated heterocycles. The van der Waals surface area contributed by atoms with E-state index in [2.05, 4.69) is 33.4 Å². The molecule has 1 aromatic carbocycles. The molecule has 4 nitrogen and oxygen atoms in total. The second-order valence-corrected chi connectivity index (χ2v) is 5.90. The first-order chi connectivity index (χ1) is 8.52. The quantitative estimate of drug-likeness (QED) is 0.770. The van der Waals surface area contributed by atoms with Crippen LogP contribution in [0.25, 0.3) is 0 Å². The molecule has 5 heteroatoms. The number of amides is 1. The minimum absolute atomic E-state index is 0.00609. The third-order valence-corrected chi connectivity index (χ3v) is 4.42. The van der Waals surface area contributed by atoms with E-state index in [4.69, 9.17) is 5.41 Å². The van der Waals surface area contributed by atoms with Gasteiger partial charge in [-0.3, -0.25) is 15.1 Å². The first-order valence-corrected chi connectivity index (χ1v) is 6.73. The molecule has 0 bridgehead atoms. The summed E-state index contributed by atoms with van der Waals surface area (Å²) in [6.45, 7) is 0. The number of aryl methyl sites for hydroxylation is 1. The lowest BCUT2D eigenvalue weighted by Gasteiger charge is -2.40. The van der Waals surface area contributed by atoms with Crippen molar-refractivity contribution in [1.29, 1.82) is 5.41 Å². The molecule has 1 fully saturated rings. The normalized spacial score (nSPS) is 26.4. The molecule has 0 unspecified atom stereocenters. The predicted octanol–water partition coefficient (Wildman–Crippen LogP) is 1.98. The zero-order chi connectivity index (χ0) is 12.9. The van der Waals surface area contributed by atoms with Gasteiger partial charge in [-0.25, -0.2) is 0 Å². The zero-order valence-electron chi connectivity index (χ0n) is 10.1. The molecule has 1 aromatic rings. The fourth-order valence-corrected chi connectivity index (χ4v) is 3.23. The molecular weight excluding hydrogens is 294 g/mol. The Bertz CT molecular complexity index is 537. The van der Waals surface area contributed by atoms with Crippen molar-refractivity contribution in [2.75, 3.05) is 7.05 Å². The number of hydrogen-bond donors (Lipinski definition) is 2. The highest BCUT2D eigenvalue weighted by atomic mass is 79.9. The molecule has 2 aliphatic rings. The van der Waals surface area contributed by atoms with Crippen LogP contribution in [0.4, 0.5) is 0 Å². The number of carbonyl (C=O) groups excluding carboxylic acids is 1. The predicted molar refractivity (Wildman–Crippen MR) is 72.4 cm³/mol. The Morgan fingerprint density at radius 3 is 3.00 bits per heavy atom. The van der Waals surface area contributed by atoms with Crippen molar-refractivity contribution in [3.63, 3.8) is 0 Å². The molecule has 94 valence electrons. The number of benzene rings is 1. The Morgan fingerprint density at radius 2 is 2.28 bits per heavy atom. The van der Waals surface area contributed by atoms with Crippen molar-refractivity contribution < 1.29 is 4.79 Å². The third kappa shape index (κ3) is 1.57. The second-order valence-electron chi connectivity index (χ2n) is 4.99. The molecule has 1 heterocycles. The van der Waals surface area contributed by atoms with Crippen molar-refractivity contribution >= 4 is 27.8 Å². The van der Waals surface area contributed by atoms with Crippen LogP contribution in [0.5, 0.6) is 0 Å². The van der Waals surface area contributed by atoms with Gasteiger partial charge >= 0.3 is 0 Å². The molecule has 0 radical (unpaired) electrons. The van der Waals surface area contributed by atoms with Gasteiger partial charge in [0.05, 0.1) is 12.0 Å². The lowest BCUT2D eigenvalue weighted by molar-refractivity contribution is -0.129. The van der Waals surface area contributed by atoms with Gasteiger partial charge in [0, 0.05) is 11.5 Å². The van der Waals surface area contributed by atoms with Gasteiger partial charge in [0.2, 0.25) is 5.91 Å². The summed E-state index contributed by atoms with van der Waals surface area (Å²) in [4.78, 5) is 13.4. The highest BCUT2D eigenvalue weighted by molar-refractivity contribution is 9.10. The van der Waals surface area contributed by atoms with Crippen molar-refractivity contribution in [3.8, 4) is 0 Å². The number of guanidine groups is 1.